The quantitative estimate of drug-likeness (QED) is 0.620. The molecule has 1 aromatic rings. The van der Waals surface area contributed by atoms with Gasteiger partial charge in [-0.05, 0) is 42.8 Å². The zero-order valence-corrected chi connectivity index (χ0v) is 16.1. The summed E-state index contributed by atoms with van der Waals surface area (Å²) in [5.41, 5.74) is 1.17. The molecule has 4 heteroatoms. The van der Waals surface area contributed by atoms with Crippen molar-refractivity contribution in [1.29, 1.82) is 0 Å². The Morgan fingerprint density at radius 3 is 2.15 bits per heavy atom. The fraction of sp³-hybridized carbons (Fsp3) is 0.625. The van der Waals surface area contributed by atoms with Crippen molar-refractivity contribution in [3.05, 3.63) is 34.3 Å². The molecule has 0 radical (unpaired) electrons. The highest BCUT2D eigenvalue weighted by molar-refractivity contribution is 9.10. The third-order valence-corrected chi connectivity index (χ3v) is 9.04. The Morgan fingerprint density at radius 2 is 1.70 bits per heavy atom. The summed E-state index contributed by atoms with van der Waals surface area (Å²) in [4.78, 5) is 0. The van der Waals surface area contributed by atoms with Gasteiger partial charge in [0.05, 0.1) is 6.61 Å². The fourth-order valence-electron chi connectivity index (χ4n) is 1.62. The Hall–Kier alpha value is -0.163. The van der Waals surface area contributed by atoms with Gasteiger partial charge in [0, 0.05) is 11.1 Å². The van der Waals surface area contributed by atoms with E-state index in [1.54, 1.807) is 0 Å². The number of hydrogen-bond donors (Lipinski definition) is 0. The summed E-state index contributed by atoms with van der Waals surface area (Å²) in [5, 5.41) is 0.226. The van der Waals surface area contributed by atoms with E-state index in [4.69, 9.17) is 9.16 Å². The van der Waals surface area contributed by atoms with Crippen molar-refractivity contribution < 1.29 is 9.16 Å². The molecule has 0 saturated carbocycles. The average molecular weight is 359 g/mol. The Morgan fingerprint density at radius 1 is 1.15 bits per heavy atom. The summed E-state index contributed by atoms with van der Waals surface area (Å²) >= 11 is 3.47. The summed E-state index contributed by atoms with van der Waals surface area (Å²) in [5.74, 6) is 0. The van der Waals surface area contributed by atoms with Gasteiger partial charge in [-0.2, -0.15) is 0 Å². The van der Waals surface area contributed by atoms with Crippen LogP contribution in [0.2, 0.25) is 18.1 Å². The monoisotopic (exact) mass is 358 g/mol. The summed E-state index contributed by atoms with van der Waals surface area (Å²) in [7, 11) is -1.73. The first-order chi connectivity index (χ1) is 9.17. The van der Waals surface area contributed by atoms with Gasteiger partial charge in [-0.15, -0.1) is 0 Å². The van der Waals surface area contributed by atoms with Gasteiger partial charge in [0.25, 0.3) is 0 Å². The fourth-order valence-corrected chi connectivity index (χ4v) is 2.89. The molecule has 114 valence electrons. The SMILES string of the molecule is CCO[C@@H](CO[Si](C)(C)C(C)(C)C)c1ccc(Br)cc1. The molecule has 0 heterocycles. The standard InChI is InChI=1S/C16H27BrO2Si/c1-7-18-15(13-8-10-14(17)11-9-13)12-19-20(5,6)16(2,3)4/h8-11,15H,7,12H2,1-6H3/t15-/m0/s1. The van der Waals surface area contributed by atoms with Gasteiger partial charge in [-0.25, -0.2) is 0 Å². The molecule has 0 bridgehead atoms. The average Bonchev–Trinajstić information content (AvgIpc) is 2.34. The molecule has 1 aromatic carbocycles. The molecule has 0 aliphatic rings. The lowest BCUT2D eigenvalue weighted by molar-refractivity contribution is 0.0226. The van der Waals surface area contributed by atoms with Gasteiger partial charge in [0.15, 0.2) is 8.32 Å². The van der Waals surface area contributed by atoms with Crippen LogP contribution >= 0.6 is 15.9 Å². The highest BCUT2D eigenvalue weighted by Gasteiger charge is 2.37. The number of benzene rings is 1. The Balaban J connectivity index is 2.76. The van der Waals surface area contributed by atoms with Crippen molar-refractivity contribution in [2.45, 2.75) is 51.9 Å². The molecule has 2 nitrogen and oxygen atoms in total. The van der Waals surface area contributed by atoms with Crippen LogP contribution in [0.25, 0.3) is 0 Å². The molecule has 0 aliphatic heterocycles. The smallest absolute Gasteiger partial charge is 0.192 e. The van der Waals surface area contributed by atoms with E-state index in [9.17, 15) is 0 Å². The summed E-state index contributed by atoms with van der Waals surface area (Å²) in [6.07, 6.45) is 0.0159. The Labute approximate surface area is 133 Å². The third kappa shape index (κ3) is 4.99. The molecule has 1 atom stereocenters. The maximum absolute atomic E-state index is 6.30. The molecular weight excluding hydrogens is 332 g/mol. The van der Waals surface area contributed by atoms with Crippen molar-refractivity contribution in [1.82, 2.24) is 0 Å². The van der Waals surface area contributed by atoms with E-state index >= 15 is 0 Å². The molecule has 0 fully saturated rings. The molecule has 20 heavy (non-hydrogen) atoms. The minimum absolute atomic E-state index is 0.0159. The second-order valence-corrected chi connectivity index (χ2v) is 12.3. The molecule has 0 spiro atoms. The van der Waals surface area contributed by atoms with E-state index in [2.05, 4.69) is 61.9 Å². The molecule has 0 N–H and O–H groups in total. The van der Waals surface area contributed by atoms with Gasteiger partial charge in [0.1, 0.15) is 6.10 Å². The summed E-state index contributed by atoms with van der Waals surface area (Å²) in [6, 6.07) is 8.29. The van der Waals surface area contributed by atoms with Crippen molar-refractivity contribution in [3.63, 3.8) is 0 Å². The minimum Gasteiger partial charge on any atom is -0.414 e. The Kier molecular flexibility index (Phi) is 6.45. The number of ether oxygens (including phenoxy) is 1. The number of rotatable bonds is 6. The van der Waals surface area contributed by atoms with Crippen LogP contribution in [0.15, 0.2) is 28.7 Å². The molecule has 0 aliphatic carbocycles. The Bertz CT molecular complexity index is 409. The van der Waals surface area contributed by atoms with Crippen molar-refractivity contribution >= 4 is 24.2 Å². The maximum atomic E-state index is 6.30. The molecule has 0 aromatic heterocycles. The van der Waals surface area contributed by atoms with E-state index in [1.807, 2.05) is 19.1 Å². The molecular formula is C16H27BrO2Si. The summed E-state index contributed by atoms with van der Waals surface area (Å²) in [6.45, 7) is 14.7. The van der Waals surface area contributed by atoms with E-state index in [0.717, 1.165) is 4.47 Å². The van der Waals surface area contributed by atoms with Crippen LogP contribution < -0.4 is 0 Å². The second-order valence-electron chi connectivity index (χ2n) is 6.57. The van der Waals surface area contributed by atoms with Crippen LogP contribution in [0.4, 0.5) is 0 Å². The molecule has 0 saturated heterocycles. The first-order valence-corrected chi connectivity index (χ1v) is 10.9. The van der Waals surface area contributed by atoms with Crippen LogP contribution in [0, 0.1) is 0 Å². The highest BCUT2D eigenvalue weighted by Crippen LogP contribution is 2.37. The van der Waals surface area contributed by atoms with Crippen LogP contribution in [-0.4, -0.2) is 21.5 Å². The minimum atomic E-state index is -1.73. The summed E-state index contributed by atoms with van der Waals surface area (Å²) < 4.78 is 13.2. The molecule has 0 amide bonds. The van der Waals surface area contributed by atoms with Crippen LogP contribution in [-0.2, 0) is 9.16 Å². The van der Waals surface area contributed by atoms with Crippen LogP contribution in [0.5, 0.6) is 0 Å². The lowest BCUT2D eigenvalue weighted by Gasteiger charge is -2.37. The highest BCUT2D eigenvalue weighted by atomic mass is 79.9. The van der Waals surface area contributed by atoms with E-state index in [-0.39, 0.29) is 11.1 Å². The van der Waals surface area contributed by atoms with Gasteiger partial charge in [0.2, 0.25) is 0 Å². The third-order valence-electron chi connectivity index (χ3n) is 4.01. The first kappa shape index (κ1) is 17.9. The predicted octanol–water partition coefficient (Wildman–Crippen LogP) is 5.55. The van der Waals surface area contributed by atoms with E-state index in [1.165, 1.54) is 5.56 Å². The lowest BCUT2D eigenvalue weighted by atomic mass is 10.1. The van der Waals surface area contributed by atoms with Crippen molar-refractivity contribution in [2.75, 3.05) is 13.2 Å². The van der Waals surface area contributed by atoms with Gasteiger partial charge < -0.3 is 9.16 Å². The molecule has 1 rings (SSSR count). The largest absolute Gasteiger partial charge is 0.414 e. The van der Waals surface area contributed by atoms with E-state index in [0.29, 0.717) is 13.2 Å². The normalized spacial score (nSPS) is 14.3. The zero-order chi connectivity index (χ0) is 15.4. The first-order valence-electron chi connectivity index (χ1n) is 7.18. The number of hydrogen-bond acceptors (Lipinski definition) is 2. The van der Waals surface area contributed by atoms with Gasteiger partial charge >= 0.3 is 0 Å². The maximum Gasteiger partial charge on any atom is 0.192 e. The predicted molar refractivity (Wildman–Crippen MR) is 91.7 cm³/mol. The van der Waals surface area contributed by atoms with Crippen LogP contribution in [0.1, 0.15) is 39.4 Å². The van der Waals surface area contributed by atoms with Gasteiger partial charge in [-0.3, -0.25) is 0 Å². The van der Waals surface area contributed by atoms with Crippen molar-refractivity contribution in [2.24, 2.45) is 0 Å². The number of halogens is 1. The molecule has 0 unspecified atom stereocenters. The lowest BCUT2D eigenvalue weighted by Crippen LogP contribution is -2.41. The second kappa shape index (κ2) is 7.21. The van der Waals surface area contributed by atoms with Crippen LogP contribution in [0.3, 0.4) is 0 Å². The van der Waals surface area contributed by atoms with E-state index < -0.39 is 8.32 Å². The van der Waals surface area contributed by atoms with Crippen molar-refractivity contribution in [3.8, 4) is 0 Å². The van der Waals surface area contributed by atoms with Gasteiger partial charge in [-0.1, -0.05) is 48.8 Å². The zero-order valence-electron chi connectivity index (χ0n) is 13.5. The topological polar surface area (TPSA) is 18.5 Å².